The summed E-state index contributed by atoms with van der Waals surface area (Å²) in [5, 5.41) is 1.04. The monoisotopic (exact) mass is 286 g/mol. The molecule has 1 aromatic carbocycles. The molecule has 0 unspecified atom stereocenters. The van der Waals surface area contributed by atoms with Crippen LogP contribution in [0.3, 0.4) is 0 Å². The van der Waals surface area contributed by atoms with Crippen molar-refractivity contribution >= 4 is 16.8 Å². The highest BCUT2D eigenvalue weighted by molar-refractivity contribution is 5.98. The Morgan fingerprint density at radius 2 is 2.19 bits per heavy atom. The first-order valence-corrected chi connectivity index (χ1v) is 7.67. The van der Waals surface area contributed by atoms with Crippen molar-refractivity contribution in [2.45, 2.75) is 26.2 Å². The Balaban J connectivity index is 1.84. The first-order valence-electron chi connectivity index (χ1n) is 7.67. The summed E-state index contributed by atoms with van der Waals surface area (Å²) in [6.07, 6.45) is 3.52. The molecule has 0 aliphatic heterocycles. The van der Waals surface area contributed by atoms with Crippen molar-refractivity contribution < 1.29 is 9.53 Å². The van der Waals surface area contributed by atoms with Gasteiger partial charge in [0.1, 0.15) is 11.4 Å². The molecule has 21 heavy (non-hydrogen) atoms. The quantitative estimate of drug-likeness (QED) is 0.884. The molecule has 1 aromatic heterocycles. The van der Waals surface area contributed by atoms with E-state index in [9.17, 15) is 4.79 Å². The molecule has 0 saturated heterocycles. The number of nitrogens with one attached hydrogen (secondary N) is 1. The maximum atomic E-state index is 12.7. The number of fused-ring (bicyclic) bond motifs is 1. The van der Waals surface area contributed by atoms with Crippen molar-refractivity contribution in [1.29, 1.82) is 0 Å². The van der Waals surface area contributed by atoms with E-state index in [1.165, 1.54) is 12.8 Å². The number of methoxy groups -OCH3 is 1. The zero-order valence-electron chi connectivity index (χ0n) is 12.7. The fourth-order valence-corrected chi connectivity index (χ4v) is 2.68. The maximum Gasteiger partial charge on any atom is 0.270 e. The topological polar surface area (TPSA) is 45.3 Å². The van der Waals surface area contributed by atoms with Crippen LogP contribution in [0.15, 0.2) is 24.3 Å². The molecule has 1 fully saturated rings. The van der Waals surface area contributed by atoms with Gasteiger partial charge in [0.25, 0.3) is 5.91 Å². The Kier molecular flexibility index (Phi) is 3.86. The molecule has 1 heterocycles. The van der Waals surface area contributed by atoms with Gasteiger partial charge >= 0.3 is 0 Å². The second kappa shape index (κ2) is 5.80. The smallest absolute Gasteiger partial charge is 0.270 e. The number of aromatic nitrogens is 1. The Hall–Kier alpha value is -1.97. The highest BCUT2D eigenvalue weighted by Gasteiger charge is 2.27. The van der Waals surface area contributed by atoms with E-state index in [0.717, 1.165) is 36.2 Å². The SMILES string of the molecule is CCCN(CC1CC1)C(=O)c1cc2ccc(OC)cc2[nH]1. The molecule has 2 aromatic rings. The van der Waals surface area contributed by atoms with Gasteiger partial charge < -0.3 is 14.6 Å². The van der Waals surface area contributed by atoms with Gasteiger partial charge in [0, 0.05) is 30.1 Å². The van der Waals surface area contributed by atoms with Crippen LogP contribution in [0.5, 0.6) is 5.75 Å². The summed E-state index contributed by atoms with van der Waals surface area (Å²) in [4.78, 5) is 17.9. The van der Waals surface area contributed by atoms with Gasteiger partial charge in [0.05, 0.1) is 7.11 Å². The Labute approximate surface area is 125 Å². The normalized spacial score (nSPS) is 14.4. The van der Waals surface area contributed by atoms with Gasteiger partial charge in [-0.2, -0.15) is 0 Å². The number of carbonyl (C=O) groups is 1. The predicted molar refractivity (Wildman–Crippen MR) is 83.8 cm³/mol. The molecule has 1 saturated carbocycles. The zero-order valence-corrected chi connectivity index (χ0v) is 12.7. The summed E-state index contributed by atoms with van der Waals surface area (Å²) in [6.45, 7) is 3.84. The van der Waals surface area contributed by atoms with Crippen molar-refractivity contribution in [1.82, 2.24) is 9.88 Å². The number of hydrogen-bond acceptors (Lipinski definition) is 2. The van der Waals surface area contributed by atoms with Crippen LogP contribution in [0.4, 0.5) is 0 Å². The van der Waals surface area contributed by atoms with Gasteiger partial charge in [-0.15, -0.1) is 0 Å². The van der Waals surface area contributed by atoms with Crippen molar-refractivity contribution in [2.24, 2.45) is 5.92 Å². The van der Waals surface area contributed by atoms with Gasteiger partial charge in [-0.3, -0.25) is 4.79 Å². The average Bonchev–Trinajstić information content (AvgIpc) is 3.21. The lowest BCUT2D eigenvalue weighted by Gasteiger charge is -2.21. The minimum Gasteiger partial charge on any atom is -0.497 e. The molecular weight excluding hydrogens is 264 g/mol. The van der Waals surface area contributed by atoms with E-state index in [1.54, 1.807) is 7.11 Å². The fourth-order valence-electron chi connectivity index (χ4n) is 2.68. The van der Waals surface area contributed by atoms with E-state index in [0.29, 0.717) is 11.6 Å². The number of aromatic amines is 1. The average molecular weight is 286 g/mol. The van der Waals surface area contributed by atoms with Crippen LogP contribution < -0.4 is 4.74 Å². The first-order chi connectivity index (χ1) is 10.2. The Morgan fingerprint density at radius 3 is 2.86 bits per heavy atom. The van der Waals surface area contributed by atoms with Crippen molar-refractivity contribution in [3.63, 3.8) is 0 Å². The molecule has 0 bridgehead atoms. The van der Waals surface area contributed by atoms with Crippen LogP contribution >= 0.6 is 0 Å². The molecule has 0 spiro atoms. The molecule has 1 aliphatic carbocycles. The predicted octanol–water partition coefficient (Wildman–Crippen LogP) is 3.44. The van der Waals surface area contributed by atoms with Crippen LogP contribution in [0.25, 0.3) is 10.9 Å². The molecule has 1 aliphatic rings. The van der Waals surface area contributed by atoms with E-state index >= 15 is 0 Å². The first kappa shape index (κ1) is 14.0. The van der Waals surface area contributed by atoms with Gasteiger partial charge in [0.15, 0.2) is 0 Å². The number of benzene rings is 1. The number of hydrogen-bond donors (Lipinski definition) is 1. The number of ether oxygens (including phenoxy) is 1. The molecule has 3 rings (SSSR count). The third-order valence-corrected chi connectivity index (χ3v) is 4.02. The van der Waals surface area contributed by atoms with Crippen LogP contribution in [0, 0.1) is 5.92 Å². The molecule has 1 N–H and O–H groups in total. The second-order valence-corrected chi connectivity index (χ2v) is 5.83. The van der Waals surface area contributed by atoms with Crippen LogP contribution in [0.2, 0.25) is 0 Å². The van der Waals surface area contributed by atoms with E-state index in [1.807, 2.05) is 29.2 Å². The number of amides is 1. The fraction of sp³-hybridized carbons (Fsp3) is 0.471. The van der Waals surface area contributed by atoms with Gasteiger partial charge in [-0.25, -0.2) is 0 Å². The molecule has 4 heteroatoms. The summed E-state index contributed by atoms with van der Waals surface area (Å²) in [5.41, 5.74) is 1.62. The second-order valence-electron chi connectivity index (χ2n) is 5.83. The number of H-pyrrole nitrogens is 1. The van der Waals surface area contributed by atoms with Gasteiger partial charge in [-0.1, -0.05) is 6.92 Å². The van der Waals surface area contributed by atoms with Gasteiger partial charge in [0.2, 0.25) is 0 Å². The maximum absolute atomic E-state index is 12.7. The molecule has 112 valence electrons. The molecule has 4 nitrogen and oxygen atoms in total. The van der Waals surface area contributed by atoms with Crippen LogP contribution in [0.1, 0.15) is 36.7 Å². The van der Waals surface area contributed by atoms with Crippen LogP contribution in [-0.4, -0.2) is 36.0 Å². The largest absolute Gasteiger partial charge is 0.497 e. The lowest BCUT2D eigenvalue weighted by molar-refractivity contribution is 0.0743. The summed E-state index contributed by atoms with van der Waals surface area (Å²) < 4.78 is 5.22. The molecule has 0 radical (unpaired) electrons. The molecular formula is C17H22N2O2. The van der Waals surface area contributed by atoms with Gasteiger partial charge in [-0.05, 0) is 43.4 Å². The summed E-state index contributed by atoms with van der Waals surface area (Å²) in [6, 6.07) is 7.76. The minimum atomic E-state index is 0.110. The van der Waals surface area contributed by atoms with E-state index in [2.05, 4.69) is 11.9 Å². The Bertz CT molecular complexity index is 643. The summed E-state index contributed by atoms with van der Waals surface area (Å²) in [5.74, 6) is 1.62. The summed E-state index contributed by atoms with van der Waals surface area (Å²) in [7, 11) is 1.65. The van der Waals surface area contributed by atoms with E-state index in [-0.39, 0.29) is 5.91 Å². The third-order valence-electron chi connectivity index (χ3n) is 4.02. The van der Waals surface area contributed by atoms with Crippen molar-refractivity contribution in [3.8, 4) is 5.75 Å². The Morgan fingerprint density at radius 1 is 1.38 bits per heavy atom. The number of rotatable bonds is 6. The van der Waals surface area contributed by atoms with E-state index in [4.69, 9.17) is 4.74 Å². The standard InChI is InChI=1S/C17H22N2O2/c1-3-8-19(11-12-4-5-12)17(20)16-9-13-6-7-14(21-2)10-15(13)18-16/h6-7,9-10,12,18H,3-5,8,11H2,1-2H3. The number of carbonyl (C=O) groups excluding carboxylic acids is 1. The molecule has 0 atom stereocenters. The lowest BCUT2D eigenvalue weighted by atomic mass is 10.2. The van der Waals surface area contributed by atoms with Crippen molar-refractivity contribution in [3.05, 3.63) is 30.0 Å². The zero-order chi connectivity index (χ0) is 14.8. The lowest BCUT2D eigenvalue weighted by Crippen LogP contribution is -2.33. The van der Waals surface area contributed by atoms with Crippen LogP contribution in [-0.2, 0) is 0 Å². The number of nitrogens with zero attached hydrogens (tertiary/aromatic N) is 1. The highest BCUT2D eigenvalue weighted by Crippen LogP contribution is 2.30. The minimum absolute atomic E-state index is 0.110. The molecule has 1 amide bonds. The van der Waals surface area contributed by atoms with E-state index < -0.39 is 0 Å². The van der Waals surface area contributed by atoms with Crippen molar-refractivity contribution in [2.75, 3.05) is 20.2 Å². The third kappa shape index (κ3) is 3.04. The summed E-state index contributed by atoms with van der Waals surface area (Å²) >= 11 is 0. The highest BCUT2D eigenvalue weighted by atomic mass is 16.5.